The molecule has 0 aromatic carbocycles. The van der Waals surface area contributed by atoms with Gasteiger partial charge in [0.2, 0.25) is 0 Å². The standard InChI is InChI=1S/C22H31FN2O3/c1-5-8-14-20(24-17-11-9-10-15-21(26)28-4)19(7-3)22(27)25-18(6-2)13-12-16-23/h5-7,12-14,16-17,22,25,27H,1-2,8-11,15H2,3-4H3/b16-12+,18-13+,19-7+,20-14+,24-17?. The molecule has 0 saturated carbocycles. The number of methoxy groups -OCH3 is 1. The highest BCUT2D eigenvalue weighted by molar-refractivity contribution is 5.69. The fraction of sp³-hybridized carbons (Fsp3) is 0.364. The summed E-state index contributed by atoms with van der Waals surface area (Å²) in [7, 11) is 1.37. The van der Waals surface area contributed by atoms with Crippen molar-refractivity contribution in [2.24, 2.45) is 4.99 Å². The lowest BCUT2D eigenvalue weighted by Gasteiger charge is -2.18. The third-order valence-electron chi connectivity index (χ3n) is 3.67. The Morgan fingerprint density at radius 2 is 2.11 bits per heavy atom. The SMILES string of the molecule is C=CC/C=C(N=CCCCCC(=O)OC)\C(=C/C)C(O)N/C(C=C)=C/C=C/F. The van der Waals surface area contributed by atoms with Gasteiger partial charge in [-0.2, -0.15) is 0 Å². The highest BCUT2D eigenvalue weighted by atomic mass is 19.1. The van der Waals surface area contributed by atoms with Crippen LogP contribution in [0.15, 0.2) is 77.9 Å². The molecule has 1 atom stereocenters. The van der Waals surface area contributed by atoms with E-state index in [-0.39, 0.29) is 5.97 Å². The molecule has 0 fully saturated rings. The van der Waals surface area contributed by atoms with E-state index >= 15 is 0 Å². The van der Waals surface area contributed by atoms with E-state index in [0.717, 1.165) is 12.8 Å². The van der Waals surface area contributed by atoms with Gasteiger partial charge in [0.1, 0.15) is 0 Å². The summed E-state index contributed by atoms with van der Waals surface area (Å²) in [5.74, 6) is -0.220. The Morgan fingerprint density at radius 1 is 1.36 bits per heavy atom. The van der Waals surface area contributed by atoms with Crippen LogP contribution >= 0.6 is 0 Å². The molecular weight excluding hydrogens is 359 g/mol. The maximum atomic E-state index is 12.2. The van der Waals surface area contributed by atoms with E-state index in [0.29, 0.717) is 42.6 Å². The molecule has 0 aromatic heterocycles. The van der Waals surface area contributed by atoms with Gasteiger partial charge in [0.25, 0.3) is 0 Å². The van der Waals surface area contributed by atoms with Crippen LogP contribution in [-0.4, -0.2) is 30.6 Å². The molecule has 6 heteroatoms. The predicted octanol–water partition coefficient (Wildman–Crippen LogP) is 4.66. The van der Waals surface area contributed by atoms with Gasteiger partial charge in [0.05, 0.1) is 19.1 Å². The number of esters is 1. The van der Waals surface area contributed by atoms with Gasteiger partial charge in [-0.05, 0) is 50.8 Å². The summed E-state index contributed by atoms with van der Waals surface area (Å²) >= 11 is 0. The number of aliphatic imine (C=N–C) groups is 1. The first-order valence-corrected chi connectivity index (χ1v) is 9.15. The third-order valence-corrected chi connectivity index (χ3v) is 3.67. The number of nitrogens with one attached hydrogen (secondary N) is 1. The van der Waals surface area contributed by atoms with Crippen LogP contribution in [0.5, 0.6) is 0 Å². The molecule has 1 unspecified atom stereocenters. The zero-order valence-corrected chi connectivity index (χ0v) is 16.7. The lowest BCUT2D eigenvalue weighted by molar-refractivity contribution is -0.140. The fourth-order valence-electron chi connectivity index (χ4n) is 2.21. The van der Waals surface area contributed by atoms with Crippen molar-refractivity contribution in [3.8, 4) is 0 Å². The molecule has 0 heterocycles. The Labute approximate surface area is 167 Å². The van der Waals surface area contributed by atoms with Gasteiger partial charge in [-0.25, -0.2) is 4.39 Å². The van der Waals surface area contributed by atoms with Crippen molar-refractivity contribution >= 4 is 12.2 Å². The van der Waals surface area contributed by atoms with Gasteiger partial charge < -0.3 is 15.2 Å². The molecule has 154 valence electrons. The maximum Gasteiger partial charge on any atom is 0.305 e. The molecule has 0 bridgehead atoms. The Morgan fingerprint density at radius 3 is 2.68 bits per heavy atom. The van der Waals surface area contributed by atoms with Crippen molar-refractivity contribution in [2.75, 3.05) is 7.11 Å². The number of aliphatic hydroxyl groups excluding tert-OH is 1. The summed E-state index contributed by atoms with van der Waals surface area (Å²) < 4.78 is 16.8. The molecule has 2 N–H and O–H groups in total. The molecule has 0 radical (unpaired) electrons. The third kappa shape index (κ3) is 11.1. The van der Waals surface area contributed by atoms with Gasteiger partial charge in [0, 0.05) is 23.9 Å². The Bertz CT molecular complexity index is 646. The van der Waals surface area contributed by atoms with Crippen molar-refractivity contribution in [1.29, 1.82) is 0 Å². The summed E-state index contributed by atoms with van der Waals surface area (Å²) in [5.41, 5.74) is 1.65. The Kier molecular flexibility index (Phi) is 14.8. The van der Waals surface area contributed by atoms with Crippen LogP contribution in [0.3, 0.4) is 0 Å². The lowest BCUT2D eigenvalue weighted by atomic mass is 10.1. The molecule has 0 aliphatic heterocycles. The predicted molar refractivity (Wildman–Crippen MR) is 113 cm³/mol. The minimum absolute atomic E-state index is 0.220. The Balaban J connectivity index is 5.08. The summed E-state index contributed by atoms with van der Waals surface area (Å²) in [5, 5.41) is 13.4. The lowest BCUT2D eigenvalue weighted by Crippen LogP contribution is -2.30. The first kappa shape index (κ1) is 25.3. The fourth-order valence-corrected chi connectivity index (χ4v) is 2.21. The first-order chi connectivity index (χ1) is 13.5. The van der Waals surface area contributed by atoms with E-state index in [1.807, 2.05) is 6.08 Å². The largest absolute Gasteiger partial charge is 0.469 e. The monoisotopic (exact) mass is 390 g/mol. The van der Waals surface area contributed by atoms with Crippen LogP contribution < -0.4 is 5.32 Å². The number of aliphatic hydroxyl groups is 1. The minimum atomic E-state index is -1.05. The molecule has 0 aliphatic carbocycles. The second kappa shape index (κ2) is 16.4. The van der Waals surface area contributed by atoms with Crippen molar-refractivity contribution in [1.82, 2.24) is 5.32 Å². The summed E-state index contributed by atoms with van der Waals surface area (Å²) in [6, 6.07) is 0. The minimum Gasteiger partial charge on any atom is -0.469 e. The summed E-state index contributed by atoms with van der Waals surface area (Å²) in [4.78, 5) is 15.6. The van der Waals surface area contributed by atoms with E-state index in [9.17, 15) is 14.3 Å². The van der Waals surface area contributed by atoms with Gasteiger partial charge in [-0.1, -0.05) is 24.8 Å². The number of carbonyl (C=O) groups is 1. The number of hydrogen-bond acceptors (Lipinski definition) is 5. The molecule has 0 amide bonds. The first-order valence-electron chi connectivity index (χ1n) is 9.15. The van der Waals surface area contributed by atoms with E-state index in [4.69, 9.17) is 0 Å². The van der Waals surface area contributed by atoms with Crippen molar-refractivity contribution < 1.29 is 19.0 Å². The Hall–Kier alpha value is -2.73. The number of rotatable bonds is 14. The van der Waals surface area contributed by atoms with Gasteiger partial charge in [-0.15, -0.1) is 6.58 Å². The molecule has 0 rings (SSSR count). The number of halogens is 1. The molecule has 0 saturated heterocycles. The topological polar surface area (TPSA) is 70.9 Å². The quantitative estimate of drug-likeness (QED) is 0.113. The van der Waals surface area contributed by atoms with E-state index < -0.39 is 6.23 Å². The van der Waals surface area contributed by atoms with E-state index in [1.54, 1.807) is 25.3 Å². The van der Waals surface area contributed by atoms with Crippen LogP contribution in [-0.2, 0) is 9.53 Å². The smallest absolute Gasteiger partial charge is 0.305 e. The van der Waals surface area contributed by atoms with Crippen LogP contribution in [0, 0.1) is 0 Å². The average molecular weight is 390 g/mol. The molecule has 0 aliphatic rings. The zero-order chi connectivity index (χ0) is 21.2. The summed E-state index contributed by atoms with van der Waals surface area (Å²) in [6.07, 6.45) is 13.8. The van der Waals surface area contributed by atoms with Gasteiger partial charge in [0.15, 0.2) is 6.23 Å². The maximum absolute atomic E-state index is 12.2. The van der Waals surface area contributed by atoms with E-state index in [1.165, 1.54) is 25.3 Å². The second-order valence-corrected chi connectivity index (χ2v) is 5.68. The second-order valence-electron chi connectivity index (χ2n) is 5.68. The number of carbonyl (C=O) groups excluding carboxylic acids is 1. The highest BCUT2D eigenvalue weighted by Gasteiger charge is 2.14. The molecular formula is C22H31FN2O3. The number of unbranched alkanes of at least 4 members (excludes halogenated alkanes) is 2. The molecule has 28 heavy (non-hydrogen) atoms. The molecule has 0 spiro atoms. The van der Waals surface area contributed by atoms with Crippen LogP contribution in [0.25, 0.3) is 0 Å². The zero-order valence-electron chi connectivity index (χ0n) is 16.7. The van der Waals surface area contributed by atoms with Gasteiger partial charge >= 0.3 is 5.97 Å². The number of hydrogen-bond donors (Lipinski definition) is 2. The number of ether oxygens (including phenoxy) is 1. The normalized spacial score (nSPS) is 14.4. The van der Waals surface area contributed by atoms with Crippen molar-refractivity contribution in [3.05, 3.63) is 72.9 Å². The van der Waals surface area contributed by atoms with Gasteiger partial charge in [-0.3, -0.25) is 9.79 Å². The number of nitrogens with zero attached hydrogens (tertiary/aromatic N) is 1. The van der Waals surface area contributed by atoms with Crippen molar-refractivity contribution in [2.45, 2.75) is 45.3 Å². The molecule has 5 nitrogen and oxygen atoms in total. The van der Waals surface area contributed by atoms with Crippen LogP contribution in [0.1, 0.15) is 39.0 Å². The van der Waals surface area contributed by atoms with Crippen LogP contribution in [0.2, 0.25) is 0 Å². The van der Waals surface area contributed by atoms with Crippen LogP contribution in [0.4, 0.5) is 4.39 Å². The highest BCUT2D eigenvalue weighted by Crippen LogP contribution is 2.17. The summed E-state index contributed by atoms with van der Waals surface area (Å²) in [6.45, 7) is 9.13. The molecule has 0 aromatic rings. The van der Waals surface area contributed by atoms with Crippen molar-refractivity contribution in [3.63, 3.8) is 0 Å². The average Bonchev–Trinajstić information content (AvgIpc) is 2.71. The number of allylic oxidation sites excluding steroid dienone is 6. The van der Waals surface area contributed by atoms with E-state index in [2.05, 4.69) is 28.2 Å².